The molecule has 0 bridgehead atoms. The lowest BCUT2D eigenvalue weighted by atomic mass is 9.96. The Morgan fingerprint density at radius 2 is 1.83 bits per heavy atom. The number of hydrogen-bond donors (Lipinski definition) is 2. The van der Waals surface area contributed by atoms with Crippen LogP contribution < -0.4 is 15.5 Å². The van der Waals surface area contributed by atoms with Crippen LogP contribution >= 0.6 is 23.8 Å². The summed E-state index contributed by atoms with van der Waals surface area (Å²) in [4.78, 5) is 31.4. The molecule has 2 aromatic heterocycles. The van der Waals surface area contributed by atoms with Crippen LogP contribution in [0.4, 0.5) is 11.4 Å². The maximum absolute atomic E-state index is 12.6. The maximum atomic E-state index is 12.6. The third-order valence-electron chi connectivity index (χ3n) is 7.22. The van der Waals surface area contributed by atoms with Crippen LogP contribution in [0.5, 0.6) is 0 Å². The number of carbonyl (C=O) groups is 2. The molecule has 4 aromatic rings. The third-order valence-corrected chi connectivity index (χ3v) is 7.84. The van der Waals surface area contributed by atoms with E-state index in [1.165, 1.54) is 14.2 Å². The van der Waals surface area contributed by atoms with Gasteiger partial charge in [0.25, 0.3) is 0 Å². The predicted molar refractivity (Wildman–Crippen MR) is 166 cm³/mol. The number of rotatable bonds is 8. The first-order valence-corrected chi connectivity index (χ1v) is 14.0. The van der Waals surface area contributed by atoms with Crippen molar-refractivity contribution in [3.63, 3.8) is 0 Å². The van der Waals surface area contributed by atoms with E-state index >= 15 is 0 Å². The third kappa shape index (κ3) is 5.48. The van der Waals surface area contributed by atoms with Crippen molar-refractivity contribution in [2.24, 2.45) is 0 Å². The molecule has 0 radical (unpaired) electrons. The Morgan fingerprint density at radius 3 is 2.52 bits per heavy atom. The monoisotopic (exact) mass is 603 g/mol. The van der Waals surface area contributed by atoms with Crippen molar-refractivity contribution >= 4 is 52.2 Å². The van der Waals surface area contributed by atoms with E-state index in [-0.39, 0.29) is 24.6 Å². The number of halogens is 1. The molecule has 0 unspecified atom stereocenters. The summed E-state index contributed by atoms with van der Waals surface area (Å²) in [6.45, 7) is 3.94. The Labute approximate surface area is 254 Å². The number of pyridine rings is 1. The molecule has 5 rings (SSSR count). The molecule has 11 heteroatoms. The van der Waals surface area contributed by atoms with Gasteiger partial charge in [0, 0.05) is 30.4 Å². The lowest BCUT2D eigenvalue weighted by Gasteiger charge is -2.28. The van der Waals surface area contributed by atoms with E-state index in [1.807, 2.05) is 61.2 Å². The molecule has 42 heavy (non-hydrogen) atoms. The van der Waals surface area contributed by atoms with Crippen LogP contribution in [-0.2, 0) is 14.3 Å². The zero-order valence-electron chi connectivity index (χ0n) is 23.6. The fourth-order valence-corrected chi connectivity index (χ4v) is 6.00. The van der Waals surface area contributed by atoms with Crippen LogP contribution in [0, 0.1) is 13.8 Å². The normalized spacial score (nSPS) is 16.3. The van der Waals surface area contributed by atoms with Gasteiger partial charge in [-0.05, 0) is 80.2 Å². The molecule has 1 aliphatic heterocycles. The molecule has 0 saturated carbocycles. The van der Waals surface area contributed by atoms with E-state index in [0.717, 1.165) is 34.0 Å². The van der Waals surface area contributed by atoms with Gasteiger partial charge in [0.2, 0.25) is 5.91 Å². The van der Waals surface area contributed by atoms with Crippen molar-refractivity contribution in [1.82, 2.24) is 14.9 Å². The molecule has 0 spiro atoms. The van der Waals surface area contributed by atoms with Crippen molar-refractivity contribution < 1.29 is 19.1 Å². The molecular formula is C31H30ClN5O4S. The van der Waals surface area contributed by atoms with Crippen LogP contribution in [0.15, 0.2) is 72.9 Å². The number of esters is 1. The van der Waals surface area contributed by atoms with Gasteiger partial charge >= 0.3 is 5.97 Å². The summed E-state index contributed by atoms with van der Waals surface area (Å²) in [5, 5.41) is 7.09. The van der Waals surface area contributed by atoms with Crippen molar-refractivity contribution in [2.45, 2.75) is 25.9 Å². The summed E-state index contributed by atoms with van der Waals surface area (Å²) in [5.41, 5.74) is 6.07. The number of ether oxygens (including phenoxy) is 2. The van der Waals surface area contributed by atoms with Gasteiger partial charge in [-0.3, -0.25) is 9.78 Å². The number of aryl methyl sites for hydroxylation is 1. The lowest BCUT2D eigenvalue weighted by molar-refractivity contribution is -0.119. The summed E-state index contributed by atoms with van der Waals surface area (Å²) >= 11 is 12.5. The Kier molecular flexibility index (Phi) is 8.58. The first kappa shape index (κ1) is 29.2. The highest BCUT2D eigenvalue weighted by molar-refractivity contribution is 7.80. The first-order chi connectivity index (χ1) is 20.2. The molecule has 1 amide bonds. The lowest BCUT2D eigenvalue weighted by Crippen LogP contribution is -2.29. The van der Waals surface area contributed by atoms with Gasteiger partial charge in [0.15, 0.2) is 5.11 Å². The number of thiocarbonyl (C=S) groups is 1. The summed E-state index contributed by atoms with van der Waals surface area (Å²) < 4.78 is 12.0. The molecule has 9 nitrogen and oxygen atoms in total. The quantitative estimate of drug-likeness (QED) is 0.196. The summed E-state index contributed by atoms with van der Waals surface area (Å²) in [6, 6.07) is 20.0. The van der Waals surface area contributed by atoms with E-state index in [9.17, 15) is 9.59 Å². The van der Waals surface area contributed by atoms with Crippen LogP contribution in [-0.4, -0.2) is 47.4 Å². The van der Waals surface area contributed by atoms with Crippen molar-refractivity contribution in [3.05, 3.63) is 106 Å². The van der Waals surface area contributed by atoms with Crippen LogP contribution in [0.1, 0.15) is 45.1 Å². The summed E-state index contributed by atoms with van der Waals surface area (Å²) in [7, 11) is 2.83. The number of benzene rings is 2. The van der Waals surface area contributed by atoms with E-state index in [2.05, 4.69) is 26.3 Å². The van der Waals surface area contributed by atoms with Gasteiger partial charge in [-0.1, -0.05) is 29.8 Å². The van der Waals surface area contributed by atoms with Gasteiger partial charge in [-0.2, -0.15) is 0 Å². The number of carbonyl (C=O) groups excluding carboxylic acids is 2. The number of anilines is 2. The topological polar surface area (TPSA) is 97.7 Å². The minimum atomic E-state index is -0.413. The molecular weight excluding hydrogens is 574 g/mol. The van der Waals surface area contributed by atoms with Crippen molar-refractivity contribution in [1.29, 1.82) is 0 Å². The second kappa shape index (κ2) is 12.3. The first-order valence-electron chi connectivity index (χ1n) is 13.2. The smallest absolute Gasteiger partial charge is 0.339 e. The van der Waals surface area contributed by atoms with Crippen LogP contribution in [0.2, 0.25) is 5.02 Å². The second-order valence-electron chi connectivity index (χ2n) is 9.81. The minimum Gasteiger partial charge on any atom is -0.465 e. The number of hydrogen-bond acceptors (Lipinski definition) is 6. The Balaban J connectivity index is 1.63. The number of nitrogens with zero attached hydrogens (tertiary/aromatic N) is 3. The number of nitrogens with one attached hydrogen (secondary N) is 2. The summed E-state index contributed by atoms with van der Waals surface area (Å²) in [5.74, 6) is -0.720. The number of amides is 1. The molecule has 2 aromatic carbocycles. The predicted octanol–water partition coefficient (Wildman–Crippen LogP) is 5.69. The zero-order valence-corrected chi connectivity index (χ0v) is 25.1. The Hall–Kier alpha value is -4.25. The van der Waals surface area contributed by atoms with E-state index < -0.39 is 5.97 Å². The molecule has 1 aliphatic rings. The SMILES string of the molecule is COCC(=O)Nc1ccc(N2C(=S)N[C@H](c3ccccn3)[C@H]2c2cc(C)n(-c3ccccc3C(=O)OC)c2C)cc1Cl. The highest BCUT2D eigenvalue weighted by Crippen LogP contribution is 2.45. The number of methoxy groups -OCH3 is 2. The average molecular weight is 604 g/mol. The summed E-state index contributed by atoms with van der Waals surface area (Å²) in [6.07, 6.45) is 1.75. The van der Waals surface area contributed by atoms with E-state index in [1.54, 1.807) is 24.4 Å². The van der Waals surface area contributed by atoms with Gasteiger partial charge < -0.3 is 29.6 Å². The van der Waals surface area contributed by atoms with Crippen LogP contribution in [0.3, 0.4) is 0 Å². The standard InChI is InChI=1S/C31H30ClN5O4S/c1-18-15-22(19(2)36(18)26-11-6-5-9-21(26)30(39)41-4)29-28(25-10-7-8-14-33-25)35-31(42)37(29)20-12-13-24(23(32)16-20)34-27(38)17-40-3/h5-16,28-29H,17H2,1-4H3,(H,34,38)(H,35,42)/t28-,29-/m1/s1. The highest BCUT2D eigenvalue weighted by Gasteiger charge is 2.42. The van der Waals surface area contributed by atoms with E-state index in [4.69, 9.17) is 33.3 Å². The molecule has 2 N–H and O–H groups in total. The Bertz CT molecular complexity index is 1660. The average Bonchev–Trinajstić information content (AvgIpc) is 3.48. The molecule has 0 aliphatic carbocycles. The Morgan fingerprint density at radius 1 is 1.07 bits per heavy atom. The van der Waals surface area contributed by atoms with Gasteiger partial charge in [0.05, 0.1) is 46.8 Å². The zero-order chi connectivity index (χ0) is 30.0. The molecule has 2 atom stereocenters. The second-order valence-corrected chi connectivity index (χ2v) is 10.6. The van der Waals surface area contributed by atoms with Gasteiger partial charge in [0.1, 0.15) is 6.61 Å². The molecule has 3 heterocycles. The highest BCUT2D eigenvalue weighted by atomic mass is 35.5. The van der Waals surface area contributed by atoms with E-state index in [0.29, 0.717) is 21.4 Å². The number of aromatic nitrogens is 2. The number of para-hydroxylation sites is 1. The maximum Gasteiger partial charge on any atom is 0.339 e. The molecule has 1 saturated heterocycles. The molecule has 216 valence electrons. The largest absolute Gasteiger partial charge is 0.465 e. The van der Waals surface area contributed by atoms with Gasteiger partial charge in [-0.15, -0.1) is 0 Å². The van der Waals surface area contributed by atoms with Crippen molar-refractivity contribution in [3.8, 4) is 5.69 Å². The van der Waals surface area contributed by atoms with Crippen LogP contribution in [0.25, 0.3) is 5.69 Å². The van der Waals surface area contributed by atoms with Gasteiger partial charge in [-0.25, -0.2) is 4.79 Å². The fraction of sp³-hybridized carbons (Fsp3) is 0.226. The minimum absolute atomic E-state index is 0.0826. The fourth-order valence-electron chi connectivity index (χ4n) is 5.43. The molecule has 1 fully saturated rings. The van der Waals surface area contributed by atoms with Crippen molar-refractivity contribution in [2.75, 3.05) is 31.0 Å².